The van der Waals surface area contributed by atoms with Crippen LogP contribution < -0.4 is 10.1 Å². The molecule has 0 aliphatic rings. The van der Waals surface area contributed by atoms with Crippen molar-refractivity contribution >= 4 is 38.6 Å². The number of ether oxygens (including phenoxy) is 2. The number of rotatable bonds is 5. The Bertz CT molecular complexity index is 1140. The van der Waals surface area contributed by atoms with Gasteiger partial charge in [0.25, 0.3) is 0 Å². The fourth-order valence-corrected chi connectivity index (χ4v) is 2.71. The largest absolute Gasteiger partial charge is 0.759 e. The zero-order valence-corrected chi connectivity index (χ0v) is 17.4. The van der Waals surface area contributed by atoms with E-state index in [-0.39, 0.29) is 0 Å². The van der Waals surface area contributed by atoms with Crippen molar-refractivity contribution in [2.45, 2.75) is 13.8 Å². The molecule has 0 unspecified atom stereocenters. The third-order valence-electron chi connectivity index (χ3n) is 3.98. The number of carbonyl (C=O) groups excluding carboxylic acids is 1. The maximum absolute atomic E-state index is 12.4. The van der Waals surface area contributed by atoms with Gasteiger partial charge in [-0.2, -0.15) is 0 Å². The van der Waals surface area contributed by atoms with Gasteiger partial charge >= 0.3 is 5.97 Å². The molecular formula is C20H20N2O7S-2. The first-order valence-electron chi connectivity index (χ1n) is 8.77. The highest BCUT2D eigenvalue weighted by molar-refractivity contribution is 7.79. The van der Waals surface area contributed by atoms with Crippen LogP contribution in [0.25, 0.3) is 10.9 Å². The van der Waals surface area contributed by atoms with Crippen molar-refractivity contribution in [2.24, 2.45) is 0 Å². The number of hydrogen-bond acceptors (Lipinski definition) is 9. The molecule has 0 saturated carbocycles. The summed E-state index contributed by atoms with van der Waals surface area (Å²) in [6, 6.07) is 13.5. The van der Waals surface area contributed by atoms with Crippen LogP contribution in [-0.4, -0.2) is 42.2 Å². The minimum atomic E-state index is -5.17. The summed E-state index contributed by atoms with van der Waals surface area (Å²) in [6.07, 6.45) is 1.53. The first-order valence-corrected chi connectivity index (χ1v) is 10.1. The number of nitrogens with zero attached hydrogens (tertiary/aromatic N) is 1. The number of pyridine rings is 1. The standard InChI is InChI=1S/C20H20N2O3.H2O4S/c1-4-25-20(23)15-12-21-19-14(9-7-11-17(19)24-3)18(15)22-16-10-6-5-8-13(16)2;1-5(2,3)4/h5-12H,4H2,1-3H3,(H,21,22);(H2,1,2,3,4)/p-2. The Morgan fingerprint density at radius 2 is 1.80 bits per heavy atom. The van der Waals surface area contributed by atoms with E-state index in [9.17, 15) is 4.79 Å². The number of methoxy groups -OCH3 is 1. The minimum absolute atomic E-state index is 0.304. The van der Waals surface area contributed by atoms with Gasteiger partial charge in [0.15, 0.2) is 0 Å². The van der Waals surface area contributed by atoms with Crippen LogP contribution in [0.2, 0.25) is 0 Å². The third-order valence-corrected chi connectivity index (χ3v) is 3.98. The van der Waals surface area contributed by atoms with Crippen molar-refractivity contribution in [1.29, 1.82) is 0 Å². The first kappa shape index (κ1) is 23.1. The van der Waals surface area contributed by atoms with E-state index in [0.717, 1.165) is 16.6 Å². The van der Waals surface area contributed by atoms with Gasteiger partial charge in [0.05, 0.1) is 19.4 Å². The van der Waals surface area contributed by atoms with Gasteiger partial charge in [-0.3, -0.25) is 13.4 Å². The van der Waals surface area contributed by atoms with Crippen LogP contribution in [0.5, 0.6) is 5.75 Å². The Kier molecular flexibility index (Phi) is 7.70. The topological polar surface area (TPSA) is 141 Å². The molecule has 0 saturated heterocycles. The van der Waals surface area contributed by atoms with Crippen molar-refractivity contribution in [3.05, 3.63) is 59.8 Å². The highest BCUT2D eigenvalue weighted by Gasteiger charge is 2.18. The minimum Gasteiger partial charge on any atom is -0.759 e. The number of aromatic nitrogens is 1. The summed E-state index contributed by atoms with van der Waals surface area (Å²) in [4.78, 5) is 16.8. The Morgan fingerprint density at radius 3 is 2.40 bits per heavy atom. The molecule has 30 heavy (non-hydrogen) atoms. The van der Waals surface area contributed by atoms with Crippen LogP contribution in [0, 0.1) is 6.92 Å². The van der Waals surface area contributed by atoms with Gasteiger partial charge in [0.1, 0.15) is 16.8 Å². The molecule has 0 fully saturated rings. The van der Waals surface area contributed by atoms with Crippen molar-refractivity contribution < 1.29 is 31.8 Å². The Morgan fingerprint density at radius 1 is 1.13 bits per heavy atom. The monoisotopic (exact) mass is 432 g/mol. The smallest absolute Gasteiger partial charge is 0.341 e. The SMILES string of the molecule is CCOC(=O)c1cnc2c(OC)cccc2c1Nc1ccccc1C.O=S(=O)([O-])[O-]. The van der Waals surface area contributed by atoms with Crippen LogP contribution in [0.1, 0.15) is 22.8 Å². The van der Waals surface area contributed by atoms with E-state index in [1.807, 2.05) is 49.4 Å². The van der Waals surface area contributed by atoms with Crippen LogP contribution in [-0.2, 0) is 15.1 Å². The van der Waals surface area contributed by atoms with E-state index < -0.39 is 16.4 Å². The molecule has 0 spiro atoms. The van der Waals surface area contributed by atoms with E-state index in [0.29, 0.717) is 29.1 Å². The summed E-state index contributed by atoms with van der Waals surface area (Å²) in [5, 5.41) is 4.18. The molecule has 1 heterocycles. The average molecular weight is 432 g/mol. The van der Waals surface area contributed by atoms with Gasteiger partial charge in [-0.25, -0.2) is 4.79 Å². The molecular weight excluding hydrogens is 412 g/mol. The zero-order chi connectivity index (χ0) is 22.3. The molecule has 3 aromatic rings. The molecule has 0 aliphatic carbocycles. The van der Waals surface area contributed by atoms with Crippen LogP contribution >= 0.6 is 0 Å². The number of anilines is 2. The first-order chi connectivity index (χ1) is 14.2. The van der Waals surface area contributed by atoms with Crippen molar-refractivity contribution in [3.8, 4) is 5.75 Å². The number of nitrogens with one attached hydrogen (secondary N) is 1. The van der Waals surface area contributed by atoms with Gasteiger partial charge in [0.2, 0.25) is 0 Å². The highest BCUT2D eigenvalue weighted by Crippen LogP contribution is 2.34. The molecule has 1 aromatic heterocycles. The zero-order valence-electron chi connectivity index (χ0n) is 16.5. The number of benzene rings is 2. The third kappa shape index (κ3) is 6.14. The molecule has 1 N–H and O–H groups in total. The summed E-state index contributed by atoms with van der Waals surface area (Å²) in [5.41, 5.74) is 3.74. The second-order valence-electron chi connectivity index (χ2n) is 5.97. The van der Waals surface area contributed by atoms with E-state index >= 15 is 0 Å². The maximum atomic E-state index is 12.4. The lowest BCUT2D eigenvalue weighted by molar-refractivity contribution is 0.0527. The Balaban J connectivity index is 0.000000575. The molecule has 0 aliphatic heterocycles. The Hall–Kier alpha value is -3.21. The average Bonchev–Trinajstić information content (AvgIpc) is 2.68. The summed E-state index contributed by atoms with van der Waals surface area (Å²) in [7, 11) is -3.57. The molecule has 3 rings (SSSR count). The Labute approximate surface area is 174 Å². The number of para-hydroxylation sites is 2. The van der Waals surface area contributed by atoms with Crippen molar-refractivity contribution in [3.63, 3.8) is 0 Å². The van der Waals surface area contributed by atoms with Gasteiger partial charge in [-0.15, -0.1) is 0 Å². The molecule has 9 nitrogen and oxygen atoms in total. The van der Waals surface area contributed by atoms with E-state index in [1.54, 1.807) is 14.0 Å². The normalized spacial score (nSPS) is 10.7. The predicted molar refractivity (Wildman–Crippen MR) is 109 cm³/mol. The van der Waals surface area contributed by atoms with Gasteiger partial charge in [-0.05, 0) is 31.5 Å². The predicted octanol–water partition coefficient (Wildman–Crippen LogP) is 3.13. The van der Waals surface area contributed by atoms with Crippen molar-refractivity contribution in [2.75, 3.05) is 19.0 Å². The second kappa shape index (κ2) is 10.0. The molecule has 10 heteroatoms. The lowest BCUT2D eigenvalue weighted by Gasteiger charge is -2.16. The number of carbonyl (C=O) groups is 1. The van der Waals surface area contributed by atoms with E-state index in [2.05, 4.69) is 10.3 Å². The summed E-state index contributed by atoms with van der Waals surface area (Å²) in [5.74, 6) is 0.247. The lowest BCUT2D eigenvalue weighted by Crippen LogP contribution is -2.09. The van der Waals surface area contributed by atoms with E-state index in [1.165, 1.54) is 6.20 Å². The molecule has 160 valence electrons. The van der Waals surface area contributed by atoms with Crippen LogP contribution in [0.3, 0.4) is 0 Å². The maximum Gasteiger partial charge on any atom is 0.341 e. The summed E-state index contributed by atoms with van der Waals surface area (Å²) >= 11 is 0. The molecule has 0 atom stereocenters. The van der Waals surface area contributed by atoms with Gasteiger partial charge in [0, 0.05) is 27.7 Å². The summed E-state index contributed by atoms with van der Waals surface area (Å²) < 4.78 is 44.7. The van der Waals surface area contributed by atoms with Gasteiger partial charge in [-0.1, -0.05) is 30.3 Å². The highest BCUT2D eigenvalue weighted by atomic mass is 32.3. The molecule has 0 bridgehead atoms. The quantitative estimate of drug-likeness (QED) is 0.365. The molecule has 0 radical (unpaired) electrons. The number of fused-ring (bicyclic) bond motifs is 1. The lowest BCUT2D eigenvalue weighted by atomic mass is 10.1. The number of hydrogen-bond donors (Lipinski definition) is 1. The number of aryl methyl sites for hydroxylation is 1. The van der Waals surface area contributed by atoms with Crippen LogP contribution in [0.4, 0.5) is 11.4 Å². The number of esters is 1. The fourth-order valence-electron chi connectivity index (χ4n) is 2.71. The molecule has 2 aromatic carbocycles. The van der Waals surface area contributed by atoms with E-state index in [4.69, 9.17) is 27.0 Å². The second-order valence-corrected chi connectivity index (χ2v) is 6.79. The molecule has 0 amide bonds. The summed E-state index contributed by atoms with van der Waals surface area (Å²) in [6.45, 7) is 4.10. The van der Waals surface area contributed by atoms with Gasteiger partial charge < -0.3 is 23.9 Å². The van der Waals surface area contributed by atoms with Crippen LogP contribution in [0.15, 0.2) is 48.7 Å². The van der Waals surface area contributed by atoms with Crippen molar-refractivity contribution in [1.82, 2.24) is 4.98 Å². The fraction of sp³-hybridized carbons (Fsp3) is 0.200.